The van der Waals surface area contributed by atoms with Crippen molar-refractivity contribution in [3.63, 3.8) is 0 Å². The van der Waals surface area contributed by atoms with Gasteiger partial charge < -0.3 is 19.3 Å². The van der Waals surface area contributed by atoms with E-state index in [1.54, 1.807) is 0 Å². The number of hydrogen-bond donors (Lipinski definition) is 0. The third-order valence-corrected chi connectivity index (χ3v) is 19.2. The quantitative estimate of drug-likeness (QED) is 0.117. The first-order chi connectivity index (χ1) is 44.2. The molecule has 412 valence electrons. The highest BCUT2D eigenvalue weighted by Crippen LogP contribution is 2.51. The molecule has 2 aliphatic heterocycles. The van der Waals surface area contributed by atoms with E-state index in [2.05, 4.69) is 341 Å². The van der Waals surface area contributed by atoms with Crippen molar-refractivity contribution < 1.29 is 0 Å². The highest BCUT2D eigenvalue weighted by Gasteiger charge is 2.45. The molecule has 89 heavy (non-hydrogen) atoms. The normalized spacial score (nSPS) is 12.7. The Hall–Kier alpha value is -11.7. The SMILES string of the molecule is c1ccc(-c2ccc3c(c2)B2c4ccc(-n5c6ccccc6c6ccccc65)cc4N(c4ccc5c6ccccc6c6ccccc6c5c4)c4cc(N(c5ccccc5)c5ccccc5)cc(c42)N3c2ccc3c4ccccc4c4ccccc4c3c2)cc1. The van der Waals surface area contributed by atoms with E-state index < -0.39 is 0 Å². The van der Waals surface area contributed by atoms with Gasteiger partial charge in [-0.1, -0.05) is 231 Å². The van der Waals surface area contributed by atoms with Gasteiger partial charge in [-0.25, -0.2) is 0 Å². The van der Waals surface area contributed by atoms with E-state index in [4.69, 9.17) is 0 Å². The van der Waals surface area contributed by atoms with Crippen molar-refractivity contribution >= 4 is 161 Å². The molecule has 4 nitrogen and oxygen atoms in total. The Morgan fingerprint density at radius 3 is 1.10 bits per heavy atom. The lowest BCUT2D eigenvalue weighted by atomic mass is 9.33. The lowest BCUT2D eigenvalue weighted by Gasteiger charge is -2.45. The molecule has 0 radical (unpaired) electrons. The lowest BCUT2D eigenvalue weighted by molar-refractivity contribution is 1.17. The van der Waals surface area contributed by atoms with Gasteiger partial charge in [-0.15, -0.1) is 0 Å². The second-order valence-electron chi connectivity index (χ2n) is 23.9. The minimum absolute atomic E-state index is 0.181. The van der Waals surface area contributed by atoms with E-state index in [0.717, 1.165) is 56.9 Å². The summed E-state index contributed by atoms with van der Waals surface area (Å²) in [6.07, 6.45) is 0. The van der Waals surface area contributed by atoms with Gasteiger partial charge in [-0.2, -0.15) is 0 Å². The molecular weight excluding hydrogens is 1080 g/mol. The highest BCUT2D eigenvalue weighted by atomic mass is 15.2. The summed E-state index contributed by atoms with van der Waals surface area (Å²) in [5.41, 5.74) is 19.5. The van der Waals surface area contributed by atoms with Gasteiger partial charge in [-0.3, -0.25) is 0 Å². The van der Waals surface area contributed by atoms with E-state index in [1.807, 2.05) is 0 Å². The van der Waals surface area contributed by atoms with Gasteiger partial charge in [-0.05, 0) is 183 Å². The number of hydrogen-bond acceptors (Lipinski definition) is 3. The van der Waals surface area contributed by atoms with E-state index in [0.29, 0.717) is 0 Å². The van der Waals surface area contributed by atoms with Gasteiger partial charge in [0.15, 0.2) is 0 Å². The van der Waals surface area contributed by atoms with Crippen LogP contribution in [0.15, 0.2) is 322 Å². The number of para-hydroxylation sites is 4. The first kappa shape index (κ1) is 49.6. The second kappa shape index (κ2) is 19.4. The predicted molar refractivity (Wildman–Crippen MR) is 380 cm³/mol. The molecular formula is C84H53BN4. The van der Waals surface area contributed by atoms with Crippen molar-refractivity contribution in [2.45, 2.75) is 0 Å². The molecule has 3 heterocycles. The van der Waals surface area contributed by atoms with E-state index in [1.165, 1.54) is 114 Å². The van der Waals surface area contributed by atoms with Crippen molar-refractivity contribution in [1.82, 2.24) is 4.57 Å². The smallest absolute Gasteiger partial charge is 0.252 e. The molecule has 16 aromatic carbocycles. The molecule has 2 aliphatic rings. The molecule has 5 heteroatoms. The molecule has 0 saturated carbocycles. The zero-order valence-corrected chi connectivity index (χ0v) is 48.5. The molecule has 1 aromatic heterocycles. The van der Waals surface area contributed by atoms with Crippen LogP contribution in [0.1, 0.15) is 0 Å². The predicted octanol–water partition coefficient (Wildman–Crippen LogP) is 20.9. The third-order valence-electron chi connectivity index (χ3n) is 19.2. The van der Waals surface area contributed by atoms with Crippen LogP contribution in [0, 0.1) is 0 Å². The lowest BCUT2D eigenvalue weighted by Crippen LogP contribution is -2.61. The Kier molecular flexibility index (Phi) is 10.8. The van der Waals surface area contributed by atoms with Gasteiger partial charge in [0.05, 0.1) is 16.7 Å². The number of aromatic nitrogens is 1. The van der Waals surface area contributed by atoms with Crippen molar-refractivity contribution in [2.75, 3.05) is 14.7 Å². The molecule has 0 unspecified atom stereocenters. The van der Waals surface area contributed by atoms with Gasteiger partial charge >= 0.3 is 0 Å². The monoisotopic (exact) mass is 1130 g/mol. The molecule has 0 atom stereocenters. The van der Waals surface area contributed by atoms with Crippen LogP contribution in [0.25, 0.3) is 103 Å². The molecule has 0 spiro atoms. The van der Waals surface area contributed by atoms with Crippen LogP contribution >= 0.6 is 0 Å². The Labute approximate surface area is 515 Å². The molecule has 19 rings (SSSR count). The van der Waals surface area contributed by atoms with Crippen LogP contribution in [0.2, 0.25) is 0 Å². The van der Waals surface area contributed by atoms with Crippen molar-refractivity contribution in [2.24, 2.45) is 0 Å². The fourth-order valence-electron chi connectivity index (χ4n) is 15.5. The summed E-state index contributed by atoms with van der Waals surface area (Å²) in [5.74, 6) is 0. The summed E-state index contributed by atoms with van der Waals surface area (Å²) in [7, 11) is 0. The minimum atomic E-state index is -0.181. The molecule has 0 N–H and O–H groups in total. The van der Waals surface area contributed by atoms with E-state index >= 15 is 0 Å². The molecule has 0 amide bonds. The van der Waals surface area contributed by atoms with Gasteiger partial charge in [0.25, 0.3) is 6.71 Å². The maximum atomic E-state index is 2.62. The Balaban J connectivity index is 0.965. The summed E-state index contributed by atoms with van der Waals surface area (Å²) < 4.78 is 2.48. The van der Waals surface area contributed by atoms with Crippen LogP contribution in [0.3, 0.4) is 0 Å². The van der Waals surface area contributed by atoms with Crippen molar-refractivity contribution in [3.8, 4) is 16.8 Å². The van der Waals surface area contributed by atoms with Crippen LogP contribution in [-0.2, 0) is 0 Å². The average Bonchev–Trinajstić information content (AvgIpc) is 1.02. The maximum Gasteiger partial charge on any atom is 0.252 e. The topological polar surface area (TPSA) is 14.7 Å². The van der Waals surface area contributed by atoms with Gasteiger partial charge in [0.1, 0.15) is 0 Å². The summed E-state index contributed by atoms with van der Waals surface area (Å²) in [4.78, 5) is 7.66. The van der Waals surface area contributed by atoms with E-state index in [9.17, 15) is 0 Å². The fraction of sp³-hybridized carbons (Fsp3) is 0. The molecule has 0 bridgehead atoms. The van der Waals surface area contributed by atoms with Crippen LogP contribution in [0.5, 0.6) is 0 Å². The van der Waals surface area contributed by atoms with Gasteiger partial charge in [0, 0.05) is 62.0 Å². The van der Waals surface area contributed by atoms with Crippen LogP contribution < -0.4 is 31.1 Å². The number of benzene rings is 16. The Morgan fingerprint density at radius 1 is 0.225 bits per heavy atom. The zero-order chi connectivity index (χ0) is 58.3. The maximum absolute atomic E-state index is 2.62. The highest BCUT2D eigenvalue weighted by molar-refractivity contribution is 7.00. The number of fused-ring (bicyclic) bond motifs is 19. The summed E-state index contributed by atoms with van der Waals surface area (Å²) in [6.45, 7) is -0.181. The third kappa shape index (κ3) is 7.43. The molecule has 0 saturated heterocycles. The van der Waals surface area contributed by atoms with Gasteiger partial charge in [0.2, 0.25) is 0 Å². The first-order valence-electron chi connectivity index (χ1n) is 30.9. The van der Waals surface area contributed by atoms with E-state index in [-0.39, 0.29) is 6.71 Å². The second-order valence-corrected chi connectivity index (χ2v) is 23.9. The molecule has 0 aliphatic carbocycles. The minimum Gasteiger partial charge on any atom is -0.311 e. The van der Waals surface area contributed by atoms with Crippen LogP contribution in [-0.4, -0.2) is 11.3 Å². The number of anilines is 9. The summed E-state index contributed by atoms with van der Waals surface area (Å²) in [6, 6.07) is 120. The average molecular weight is 1130 g/mol. The first-order valence-corrected chi connectivity index (χ1v) is 30.9. The Morgan fingerprint density at radius 2 is 0.618 bits per heavy atom. The number of nitrogens with zero attached hydrogens (tertiary/aromatic N) is 4. The summed E-state index contributed by atoms with van der Waals surface area (Å²) in [5, 5.41) is 17.4. The fourth-order valence-corrected chi connectivity index (χ4v) is 15.5. The standard InChI is InChI=1S/C84H53BN4/c1-4-22-54(23-5-1)55-40-47-80-77(48-55)85-76-46-43-60(87-78-38-20-18-36-72(78)73-37-19-21-39-79(73)87)51-81(76)89(59-42-45-71-67-33-13-11-29-63(67)65-31-15-17-35-69(65)75(71)50-59)83-53-61(86(56-24-6-2-7-25-56)57-26-8-3-9-27-57)52-82(84(83)85)88(80)58-41-44-70-66-32-12-10-28-62(66)64-30-14-16-34-68(64)74(70)49-58/h1-53H. The molecule has 17 aromatic rings. The zero-order valence-electron chi connectivity index (χ0n) is 48.5. The largest absolute Gasteiger partial charge is 0.311 e. The van der Waals surface area contributed by atoms with Crippen LogP contribution in [0.4, 0.5) is 51.2 Å². The Bertz CT molecular complexity index is 5620. The molecule has 0 fully saturated rings. The van der Waals surface area contributed by atoms with Crippen molar-refractivity contribution in [3.05, 3.63) is 322 Å². The van der Waals surface area contributed by atoms with Crippen molar-refractivity contribution in [1.29, 1.82) is 0 Å². The summed E-state index contributed by atoms with van der Waals surface area (Å²) >= 11 is 0. The number of rotatable bonds is 7.